The third-order valence-electron chi connectivity index (χ3n) is 1.16. The van der Waals surface area contributed by atoms with Gasteiger partial charge < -0.3 is 15.2 Å². The van der Waals surface area contributed by atoms with E-state index in [0.29, 0.717) is 6.29 Å². The van der Waals surface area contributed by atoms with Gasteiger partial charge in [-0.15, -0.1) is 0 Å². The van der Waals surface area contributed by atoms with Crippen molar-refractivity contribution in [3.05, 3.63) is 0 Å². The van der Waals surface area contributed by atoms with E-state index in [2.05, 4.69) is 5.32 Å². The van der Waals surface area contributed by atoms with Gasteiger partial charge in [0.1, 0.15) is 6.29 Å². The first-order valence-electron chi connectivity index (χ1n) is 3.52. The lowest BCUT2D eigenvalue weighted by Crippen LogP contribution is -2.33. The summed E-state index contributed by atoms with van der Waals surface area (Å²) in [6, 6.07) is -0.550. The SMILES string of the molecule is C[C@@H](C=O)NC(=O)CCC(=O)O. The monoisotopic (exact) mass is 173 g/mol. The lowest BCUT2D eigenvalue weighted by atomic mass is 10.3. The van der Waals surface area contributed by atoms with Crippen LogP contribution >= 0.6 is 0 Å². The molecule has 0 fully saturated rings. The van der Waals surface area contributed by atoms with Gasteiger partial charge in [-0.1, -0.05) is 0 Å². The Morgan fingerprint density at radius 3 is 2.50 bits per heavy atom. The summed E-state index contributed by atoms with van der Waals surface area (Å²) in [6.07, 6.45) is 0.281. The van der Waals surface area contributed by atoms with E-state index < -0.39 is 17.9 Å². The van der Waals surface area contributed by atoms with Gasteiger partial charge in [-0.25, -0.2) is 0 Å². The lowest BCUT2D eigenvalue weighted by molar-refractivity contribution is -0.138. The van der Waals surface area contributed by atoms with Crippen LogP contribution in [0.3, 0.4) is 0 Å². The summed E-state index contributed by atoms with van der Waals surface area (Å²) in [5.41, 5.74) is 0. The van der Waals surface area contributed by atoms with Gasteiger partial charge in [0, 0.05) is 6.42 Å². The van der Waals surface area contributed by atoms with E-state index in [1.54, 1.807) is 0 Å². The summed E-state index contributed by atoms with van der Waals surface area (Å²) in [5, 5.41) is 10.5. The molecule has 2 N–H and O–H groups in total. The number of aliphatic carboxylic acids is 1. The van der Waals surface area contributed by atoms with E-state index in [0.717, 1.165) is 0 Å². The van der Waals surface area contributed by atoms with Crippen molar-refractivity contribution in [2.45, 2.75) is 25.8 Å². The van der Waals surface area contributed by atoms with Crippen LogP contribution in [0.25, 0.3) is 0 Å². The maximum atomic E-state index is 10.8. The Balaban J connectivity index is 3.59. The fraction of sp³-hybridized carbons (Fsp3) is 0.571. The van der Waals surface area contributed by atoms with Gasteiger partial charge in [0.25, 0.3) is 0 Å². The van der Waals surface area contributed by atoms with E-state index in [1.165, 1.54) is 6.92 Å². The Kier molecular flexibility index (Phi) is 4.67. The Hall–Kier alpha value is -1.39. The number of nitrogens with one attached hydrogen (secondary N) is 1. The molecule has 0 aromatic carbocycles. The van der Waals surface area contributed by atoms with Crippen molar-refractivity contribution in [2.24, 2.45) is 0 Å². The molecule has 0 heterocycles. The highest BCUT2D eigenvalue weighted by Gasteiger charge is 2.07. The second-order valence-electron chi connectivity index (χ2n) is 2.39. The zero-order chi connectivity index (χ0) is 9.56. The number of amides is 1. The number of hydrogen-bond donors (Lipinski definition) is 2. The molecule has 0 aliphatic rings. The third kappa shape index (κ3) is 5.40. The highest BCUT2D eigenvalue weighted by Crippen LogP contribution is 1.89. The minimum atomic E-state index is -1.02. The summed E-state index contributed by atoms with van der Waals surface area (Å²) in [5.74, 6) is -1.44. The van der Waals surface area contributed by atoms with Crippen molar-refractivity contribution in [2.75, 3.05) is 0 Å². The first kappa shape index (κ1) is 10.6. The van der Waals surface area contributed by atoms with Gasteiger partial charge in [-0.2, -0.15) is 0 Å². The molecule has 0 rings (SSSR count). The molecule has 0 aromatic rings. The van der Waals surface area contributed by atoms with Crippen LogP contribution < -0.4 is 5.32 Å². The van der Waals surface area contributed by atoms with E-state index >= 15 is 0 Å². The molecule has 1 amide bonds. The van der Waals surface area contributed by atoms with Crippen LogP contribution in [0.4, 0.5) is 0 Å². The fourth-order valence-electron chi connectivity index (χ4n) is 0.581. The molecule has 5 nitrogen and oxygen atoms in total. The van der Waals surface area contributed by atoms with Crippen LogP contribution in [0, 0.1) is 0 Å². The second-order valence-corrected chi connectivity index (χ2v) is 2.39. The van der Waals surface area contributed by atoms with Crippen molar-refractivity contribution in [3.8, 4) is 0 Å². The van der Waals surface area contributed by atoms with E-state index in [9.17, 15) is 14.4 Å². The van der Waals surface area contributed by atoms with Crippen molar-refractivity contribution < 1.29 is 19.5 Å². The molecular formula is C7H11NO4. The molecule has 12 heavy (non-hydrogen) atoms. The smallest absolute Gasteiger partial charge is 0.303 e. The van der Waals surface area contributed by atoms with E-state index in [1.807, 2.05) is 0 Å². The summed E-state index contributed by atoms with van der Waals surface area (Å²) in [4.78, 5) is 30.8. The van der Waals surface area contributed by atoms with Crippen LogP contribution in [0.5, 0.6) is 0 Å². The maximum absolute atomic E-state index is 10.8. The molecule has 0 spiro atoms. The number of hydrogen-bond acceptors (Lipinski definition) is 3. The largest absolute Gasteiger partial charge is 0.481 e. The molecule has 0 saturated heterocycles. The van der Waals surface area contributed by atoms with Crippen LogP contribution in [-0.2, 0) is 14.4 Å². The van der Waals surface area contributed by atoms with Crippen molar-refractivity contribution in [3.63, 3.8) is 0 Å². The minimum Gasteiger partial charge on any atom is -0.481 e. The number of carbonyl (C=O) groups is 3. The zero-order valence-corrected chi connectivity index (χ0v) is 6.74. The highest BCUT2D eigenvalue weighted by atomic mass is 16.4. The third-order valence-corrected chi connectivity index (χ3v) is 1.16. The summed E-state index contributed by atoms with van der Waals surface area (Å²) < 4.78 is 0. The van der Waals surface area contributed by atoms with Gasteiger partial charge in [-0.3, -0.25) is 9.59 Å². The minimum absolute atomic E-state index is 0.0898. The first-order valence-corrected chi connectivity index (χ1v) is 3.52. The topological polar surface area (TPSA) is 83.5 Å². The Labute approximate surface area is 69.8 Å². The Morgan fingerprint density at radius 2 is 2.08 bits per heavy atom. The predicted molar refractivity (Wildman–Crippen MR) is 40.5 cm³/mol. The van der Waals surface area contributed by atoms with Crippen LogP contribution in [0.2, 0.25) is 0 Å². The molecule has 0 aromatic heterocycles. The second kappa shape index (κ2) is 5.29. The number of aldehydes is 1. The molecule has 0 radical (unpaired) electrons. The molecule has 5 heteroatoms. The number of carboxylic acids is 1. The average molecular weight is 173 g/mol. The predicted octanol–water partition coefficient (Wildman–Crippen LogP) is -0.445. The van der Waals surface area contributed by atoms with Crippen molar-refractivity contribution in [1.29, 1.82) is 0 Å². The normalized spacial score (nSPS) is 11.8. The summed E-state index contributed by atoms with van der Waals surface area (Å²) >= 11 is 0. The summed E-state index contributed by atoms with van der Waals surface area (Å²) in [7, 11) is 0. The maximum Gasteiger partial charge on any atom is 0.303 e. The quantitative estimate of drug-likeness (QED) is 0.552. The van der Waals surface area contributed by atoms with E-state index in [4.69, 9.17) is 5.11 Å². The molecule has 68 valence electrons. The average Bonchev–Trinajstić information content (AvgIpc) is 2.00. The number of rotatable bonds is 5. The van der Waals surface area contributed by atoms with Crippen molar-refractivity contribution in [1.82, 2.24) is 5.32 Å². The summed E-state index contributed by atoms with van der Waals surface area (Å²) in [6.45, 7) is 1.52. The van der Waals surface area contributed by atoms with Crippen LogP contribution in [-0.4, -0.2) is 29.3 Å². The zero-order valence-electron chi connectivity index (χ0n) is 6.74. The Morgan fingerprint density at radius 1 is 1.50 bits per heavy atom. The molecule has 0 bridgehead atoms. The van der Waals surface area contributed by atoms with Crippen molar-refractivity contribution >= 4 is 18.2 Å². The number of carbonyl (C=O) groups excluding carboxylic acids is 2. The Bertz CT molecular complexity index is 190. The van der Waals surface area contributed by atoms with Gasteiger partial charge >= 0.3 is 5.97 Å². The first-order chi connectivity index (χ1) is 5.56. The van der Waals surface area contributed by atoms with Gasteiger partial charge in [0.15, 0.2) is 0 Å². The molecule has 0 saturated carbocycles. The number of carboxylic acid groups (broad SMARTS) is 1. The van der Waals surface area contributed by atoms with E-state index in [-0.39, 0.29) is 12.8 Å². The highest BCUT2D eigenvalue weighted by molar-refractivity contribution is 5.82. The van der Waals surface area contributed by atoms with Crippen LogP contribution in [0.15, 0.2) is 0 Å². The van der Waals surface area contributed by atoms with Gasteiger partial charge in [0.2, 0.25) is 5.91 Å². The van der Waals surface area contributed by atoms with Gasteiger partial charge in [0.05, 0.1) is 12.5 Å². The molecule has 0 aliphatic heterocycles. The van der Waals surface area contributed by atoms with Gasteiger partial charge in [-0.05, 0) is 6.92 Å². The van der Waals surface area contributed by atoms with Crippen LogP contribution in [0.1, 0.15) is 19.8 Å². The molecule has 1 atom stereocenters. The fourth-order valence-corrected chi connectivity index (χ4v) is 0.581. The molecule has 0 aliphatic carbocycles. The lowest BCUT2D eigenvalue weighted by Gasteiger charge is -2.05. The standard InChI is InChI=1S/C7H11NO4/c1-5(4-9)8-6(10)2-3-7(11)12/h4-5H,2-3H2,1H3,(H,8,10)(H,11,12)/t5-/m0/s1. The molecular weight excluding hydrogens is 162 g/mol. The molecule has 0 unspecified atom stereocenters.